The van der Waals surface area contributed by atoms with Crippen LogP contribution in [0.25, 0.3) is 5.69 Å². The molecule has 2 N–H and O–H groups in total. The highest BCUT2D eigenvalue weighted by molar-refractivity contribution is 6.43. The molecule has 1 aromatic carbocycles. The fraction of sp³-hybridized carbons (Fsp3) is 0.357. The van der Waals surface area contributed by atoms with Crippen LogP contribution in [0, 0.1) is 5.92 Å². The van der Waals surface area contributed by atoms with E-state index in [0.29, 0.717) is 28.0 Å². The molecular formula is C14H16Cl2N4O2. The van der Waals surface area contributed by atoms with Crippen molar-refractivity contribution in [2.24, 2.45) is 5.92 Å². The molecule has 0 spiro atoms. The van der Waals surface area contributed by atoms with Crippen LogP contribution in [-0.2, 0) is 11.3 Å². The molecule has 1 atom stereocenters. The number of hydrogen-bond donors (Lipinski definition) is 2. The fourth-order valence-corrected chi connectivity index (χ4v) is 2.37. The van der Waals surface area contributed by atoms with E-state index in [4.69, 9.17) is 28.3 Å². The minimum absolute atomic E-state index is 0.0325. The van der Waals surface area contributed by atoms with Crippen molar-refractivity contribution in [2.45, 2.75) is 26.4 Å². The van der Waals surface area contributed by atoms with Gasteiger partial charge in [-0.1, -0.05) is 48.3 Å². The molecule has 0 saturated heterocycles. The number of rotatable bonds is 6. The third kappa shape index (κ3) is 3.76. The van der Waals surface area contributed by atoms with E-state index < -0.39 is 12.0 Å². The van der Waals surface area contributed by atoms with Gasteiger partial charge in [0.05, 0.1) is 27.6 Å². The molecule has 2 aromatic rings. The molecule has 0 amide bonds. The lowest BCUT2D eigenvalue weighted by molar-refractivity contribution is -0.140. The third-order valence-electron chi connectivity index (χ3n) is 3.15. The number of hydrogen-bond acceptors (Lipinski definition) is 4. The molecule has 1 heterocycles. The third-order valence-corrected chi connectivity index (χ3v) is 3.96. The van der Waals surface area contributed by atoms with Gasteiger partial charge >= 0.3 is 5.97 Å². The van der Waals surface area contributed by atoms with Crippen molar-refractivity contribution in [2.75, 3.05) is 0 Å². The number of nitrogens with one attached hydrogen (secondary N) is 1. The van der Waals surface area contributed by atoms with Crippen molar-refractivity contribution < 1.29 is 9.90 Å². The zero-order valence-corrected chi connectivity index (χ0v) is 13.6. The number of nitrogens with zero attached hydrogens (tertiary/aromatic N) is 3. The van der Waals surface area contributed by atoms with Gasteiger partial charge in [-0.3, -0.25) is 10.1 Å². The number of aliphatic carboxylic acids is 1. The number of carboxylic acids is 1. The quantitative estimate of drug-likeness (QED) is 0.843. The average molecular weight is 343 g/mol. The molecule has 0 bridgehead atoms. The van der Waals surface area contributed by atoms with Crippen molar-refractivity contribution in [1.29, 1.82) is 0 Å². The Balaban J connectivity index is 2.12. The maximum atomic E-state index is 11.1. The maximum absolute atomic E-state index is 11.1. The summed E-state index contributed by atoms with van der Waals surface area (Å²) >= 11 is 12.1. The highest BCUT2D eigenvalue weighted by Crippen LogP contribution is 2.27. The first-order valence-electron chi connectivity index (χ1n) is 6.72. The van der Waals surface area contributed by atoms with E-state index in [2.05, 4.69) is 15.6 Å². The lowest BCUT2D eigenvalue weighted by Gasteiger charge is -2.16. The molecular weight excluding hydrogens is 327 g/mol. The Bertz CT molecular complexity index is 673. The Morgan fingerprint density at radius 1 is 1.41 bits per heavy atom. The molecule has 118 valence electrons. The largest absolute Gasteiger partial charge is 0.480 e. The minimum Gasteiger partial charge on any atom is -0.480 e. The van der Waals surface area contributed by atoms with Crippen molar-refractivity contribution in [1.82, 2.24) is 20.3 Å². The van der Waals surface area contributed by atoms with Crippen molar-refractivity contribution in [3.05, 3.63) is 40.1 Å². The molecule has 0 aliphatic heterocycles. The molecule has 0 fully saturated rings. The Morgan fingerprint density at radius 2 is 2.14 bits per heavy atom. The lowest BCUT2D eigenvalue weighted by atomic mass is 10.1. The van der Waals surface area contributed by atoms with Gasteiger partial charge < -0.3 is 5.11 Å². The second-order valence-corrected chi connectivity index (χ2v) is 5.95. The normalized spacial score (nSPS) is 12.6. The van der Waals surface area contributed by atoms with Crippen LogP contribution in [0.4, 0.5) is 0 Å². The Labute approximate surface area is 138 Å². The van der Waals surface area contributed by atoms with Crippen molar-refractivity contribution in [3.8, 4) is 5.69 Å². The van der Waals surface area contributed by atoms with E-state index in [9.17, 15) is 4.79 Å². The smallest absolute Gasteiger partial charge is 0.320 e. The Kier molecular flexibility index (Phi) is 5.39. The summed E-state index contributed by atoms with van der Waals surface area (Å²) in [5.41, 5.74) is 1.23. The zero-order chi connectivity index (χ0) is 16.3. The van der Waals surface area contributed by atoms with E-state index in [-0.39, 0.29) is 5.92 Å². The molecule has 22 heavy (non-hydrogen) atoms. The van der Waals surface area contributed by atoms with Gasteiger partial charge in [-0.15, -0.1) is 5.10 Å². The van der Waals surface area contributed by atoms with E-state index in [1.165, 1.54) is 4.68 Å². The average Bonchev–Trinajstić information content (AvgIpc) is 2.90. The van der Waals surface area contributed by atoms with E-state index in [1.807, 2.05) is 13.8 Å². The molecule has 0 aliphatic rings. The highest BCUT2D eigenvalue weighted by Gasteiger charge is 2.21. The topological polar surface area (TPSA) is 80.0 Å². The zero-order valence-electron chi connectivity index (χ0n) is 12.1. The SMILES string of the molecule is CC(C)[C@@H](NCc1cn(-c2cccc(Cl)c2Cl)nn1)C(=O)O. The minimum atomic E-state index is -0.889. The van der Waals surface area contributed by atoms with Gasteiger partial charge in [0.1, 0.15) is 6.04 Å². The number of benzene rings is 1. The van der Waals surface area contributed by atoms with Gasteiger partial charge in [0.15, 0.2) is 0 Å². The van der Waals surface area contributed by atoms with Gasteiger partial charge in [0, 0.05) is 6.54 Å². The summed E-state index contributed by atoms with van der Waals surface area (Å²) in [5.74, 6) is -0.921. The molecule has 1 aromatic heterocycles. The summed E-state index contributed by atoms with van der Waals surface area (Å²) in [4.78, 5) is 11.1. The molecule has 0 aliphatic carbocycles. The van der Waals surface area contributed by atoms with Crippen LogP contribution >= 0.6 is 23.2 Å². The molecule has 6 nitrogen and oxygen atoms in total. The predicted molar refractivity (Wildman–Crippen MR) is 84.5 cm³/mol. The van der Waals surface area contributed by atoms with Gasteiger partial charge in [0.25, 0.3) is 0 Å². The maximum Gasteiger partial charge on any atom is 0.320 e. The van der Waals surface area contributed by atoms with Crippen LogP contribution in [0.1, 0.15) is 19.5 Å². The van der Waals surface area contributed by atoms with Crippen LogP contribution in [-0.4, -0.2) is 32.1 Å². The monoisotopic (exact) mass is 342 g/mol. The van der Waals surface area contributed by atoms with Crippen molar-refractivity contribution in [3.63, 3.8) is 0 Å². The second kappa shape index (κ2) is 7.09. The first-order valence-corrected chi connectivity index (χ1v) is 7.47. The van der Waals surface area contributed by atoms with Crippen LogP contribution in [0.3, 0.4) is 0 Å². The van der Waals surface area contributed by atoms with Crippen molar-refractivity contribution >= 4 is 29.2 Å². The fourth-order valence-electron chi connectivity index (χ4n) is 1.99. The molecule has 0 saturated carbocycles. The summed E-state index contributed by atoms with van der Waals surface area (Å²) in [6.45, 7) is 3.98. The summed E-state index contributed by atoms with van der Waals surface area (Å²) in [5, 5.41) is 20.9. The van der Waals surface area contributed by atoms with Crippen LogP contribution in [0.5, 0.6) is 0 Å². The van der Waals surface area contributed by atoms with Gasteiger partial charge in [-0.05, 0) is 18.1 Å². The van der Waals surface area contributed by atoms with E-state index in [0.717, 1.165) is 0 Å². The van der Waals surface area contributed by atoms with Crippen LogP contribution in [0.15, 0.2) is 24.4 Å². The van der Waals surface area contributed by atoms with Crippen LogP contribution in [0.2, 0.25) is 10.0 Å². The second-order valence-electron chi connectivity index (χ2n) is 5.17. The van der Waals surface area contributed by atoms with Gasteiger partial charge in [-0.25, -0.2) is 4.68 Å². The number of carboxylic acid groups (broad SMARTS) is 1. The lowest BCUT2D eigenvalue weighted by Crippen LogP contribution is -2.40. The molecule has 8 heteroatoms. The summed E-state index contributed by atoms with van der Waals surface area (Å²) in [6, 6.07) is 4.59. The summed E-state index contributed by atoms with van der Waals surface area (Å²) in [6.07, 6.45) is 1.68. The number of halogens is 2. The summed E-state index contributed by atoms with van der Waals surface area (Å²) < 4.78 is 1.51. The first kappa shape index (κ1) is 16.7. The van der Waals surface area contributed by atoms with Gasteiger partial charge in [0.2, 0.25) is 0 Å². The van der Waals surface area contributed by atoms with Gasteiger partial charge in [-0.2, -0.15) is 0 Å². The predicted octanol–water partition coefficient (Wildman–Crippen LogP) is 2.77. The Hall–Kier alpha value is -1.63. The molecule has 0 unspecified atom stereocenters. The molecule has 2 rings (SSSR count). The highest BCUT2D eigenvalue weighted by atomic mass is 35.5. The first-order chi connectivity index (χ1) is 10.4. The van der Waals surface area contributed by atoms with E-state index in [1.54, 1.807) is 24.4 Å². The molecule has 0 radical (unpaired) electrons. The number of aromatic nitrogens is 3. The van der Waals surface area contributed by atoms with E-state index >= 15 is 0 Å². The Morgan fingerprint density at radius 3 is 2.77 bits per heavy atom. The summed E-state index contributed by atoms with van der Waals surface area (Å²) in [7, 11) is 0. The van der Waals surface area contributed by atoms with Crippen LogP contribution < -0.4 is 5.32 Å². The number of carbonyl (C=O) groups is 1. The standard InChI is InChI=1S/C14H16Cl2N4O2/c1-8(2)13(14(21)22)17-6-9-7-20(19-18-9)11-5-3-4-10(15)12(11)16/h3-5,7-8,13,17H,6H2,1-2H3,(H,21,22)/t13-/m1/s1.